The van der Waals surface area contributed by atoms with E-state index in [2.05, 4.69) is 5.32 Å². The van der Waals surface area contributed by atoms with Crippen LogP contribution < -0.4 is 5.32 Å². The second-order valence-corrected chi connectivity index (χ2v) is 7.76. The number of benzene rings is 1. The summed E-state index contributed by atoms with van der Waals surface area (Å²) in [5, 5.41) is 3.46. The van der Waals surface area contributed by atoms with Crippen LogP contribution in [-0.2, 0) is 14.8 Å². The number of piperidine rings is 1. The Balaban J connectivity index is 1.90. The second kappa shape index (κ2) is 6.77. The number of nitrogens with zero attached hydrogens (tertiary/aromatic N) is 1. The summed E-state index contributed by atoms with van der Waals surface area (Å²) in [4.78, 5) is 12.2. The van der Waals surface area contributed by atoms with Gasteiger partial charge in [-0.2, -0.15) is 0 Å². The largest absolute Gasteiger partial charge is 0.326 e. The first-order chi connectivity index (χ1) is 9.92. The van der Waals surface area contributed by atoms with Gasteiger partial charge in [-0.15, -0.1) is 0 Å². The van der Waals surface area contributed by atoms with Gasteiger partial charge in [-0.3, -0.25) is 4.79 Å². The summed E-state index contributed by atoms with van der Waals surface area (Å²) in [6, 6.07) is 6.93. The molecule has 1 aliphatic heterocycles. The molecule has 1 aromatic rings. The van der Waals surface area contributed by atoms with Crippen LogP contribution in [-0.4, -0.2) is 37.5 Å². The predicted molar refractivity (Wildman–Crippen MR) is 83.8 cm³/mol. The molecule has 2 rings (SSSR count). The monoisotopic (exact) mass is 330 g/mol. The number of rotatable bonds is 4. The lowest BCUT2D eigenvalue weighted by molar-refractivity contribution is -0.120. The van der Waals surface area contributed by atoms with E-state index in [0.29, 0.717) is 36.6 Å². The lowest BCUT2D eigenvalue weighted by Gasteiger charge is -2.30. The van der Waals surface area contributed by atoms with Crippen LogP contribution in [0.15, 0.2) is 24.3 Å². The Labute approximate surface area is 130 Å². The fourth-order valence-corrected chi connectivity index (χ4v) is 3.61. The molecule has 7 heteroatoms. The van der Waals surface area contributed by atoms with E-state index in [1.807, 2.05) is 0 Å². The van der Waals surface area contributed by atoms with Crippen molar-refractivity contribution < 1.29 is 13.2 Å². The molecule has 1 N–H and O–H groups in total. The Morgan fingerprint density at radius 3 is 2.38 bits per heavy atom. The third kappa shape index (κ3) is 4.18. The molecule has 0 aliphatic carbocycles. The number of hydrogen-bond acceptors (Lipinski definition) is 3. The van der Waals surface area contributed by atoms with Gasteiger partial charge in [-0.05, 0) is 44.0 Å². The van der Waals surface area contributed by atoms with Crippen molar-refractivity contribution in [3.63, 3.8) is 0 Å². The van der Waals surface area contributed by atoms with E-state index < -0.39 is 10.0 Å². The number of carbonyl (C=O) groups is 1. The van der Waals surface area contributed by atoms with Crippen molar-refractivity contribution in [1.82, 2.24) is 4.31 Å². The Bertz CT molecular complexity index is 593. The average Bonchev–Trinajstić information content (AvgIpc) is 2.49. The van der Waals surface area contributed by atoms with Crippen molar-refractivity contribution in [2.45, 2.75) is 19.8 Å². The fraction of sp³-hybridized carbons (Fsp3) is 0.500. The number of amides is 1. The molecule has 1 aromatic carbocycles. The summed E-state index contributed by atoms with van der Waals surface area (Å²) in [5.41, 5.74) is 0.702. The number of carbonyl (C=O) groups excluding carboxylic acids is 1. The zero-order valence-corrected chi connectivity index (χ0v) is 13.5. The average molecular weight is 331 g/mol. The van der Waals surface area contributed by atoms with E-state index in [1.165, 1.54) is 4.31 Å². The molecule has 0 spiro atoms. The number of hydrogen-bond donors (Lipinski definition) is 1. The molecule has 21 heavy (non-hydrogen) atoms. The Hall–Kier alpha value is -1.11. The Morgan fingerprint density at radius 2 is 1.86 bits per heavy atom. The molecule has 1 heterocycles. The minimum Gasteiger partial charge on any atom is -0.326 e. The zero-order chi connectivity index (χ0) is 15.5. The van der Waals surface area contributed by atoms with Gasteiger partial charge in [0, 0.05) is 29.7 Å². The van der Waals surface area contributed by atoms with Crippen molar-refractivity contribution in [1.29, 1.82) is 0 Å². The van der Waals surface area contributed by atoms with E-state index in [9.17, 15) is 13.2 Å². The molecule has 0 radical (unpaired) electrons. The van der Waals surface area contributed by atoms with E-state index in [4.69, 9.17) is 11.6 Å². The van der Waals surface area contributed by atoms with Gasteiger partial charge in [0.1, 0.15) is 0 Å². The maximum absolute atomic E-state index is 12.2. The van der Waals surface area contributed by atoms with Crippen LogP contribution in [0.25, 0.3) is 0 Å². The normalized spacial score (nSPS) is 17.6. The van der Waals surface area contributed by atoms with Crippen molar-refractivity contribution in [3.8, 4) is 0 Å². The Morgan fingerprint density at radius 1 is 1.29 bits per heavy atom. The molecule has 116 valence electrons. The van der Waals surface area contributed by atoms with Crippen molar-refractivity contribution in [2.75, 3.05) is 24.2 Å². The van der Waals surface area contributed by atoms with Gasteiger partial charge in [-0.1, -0.05) is 11.6 Å². The van der Waals surface area contributed by atoms with E-state index in [-0.39, 0.29) is 17.6 Å². The maximum Gasteiger partial charge on any atom is 0.227 e. The highest BCUT2D eigenvalue weighted by Gasteiger charge is 2.30. The van der Waals surface area contributed by atoms with Gasteiger partial charge in [-0.25, -0.2) is 12.7 Å². The van der Waals surface area contributed by atoms with Gasteiger partial charge in [0.05, 0.1) is 5.75 Å². The van der Waals surface area contributed by atoms with Crippen molar-refractivity contribution in [3.05, 3.63) is 29.3 Å². The smallest absolute Gasteiger partial charge is 0.227 e. The molecule has 1 saturated heterocycles. The molecule has 0 unspecified atom stereocenters. The van der Waals surface area contributed by atoms with E-state index >= 15 is 0 Å². The quantitative estimate of drug-likeness (QED) is 0.921. The van der Waals surface area contributed by atoms with Gasteiger partial charge in [0.2, 0.25) is 15.9 Å². The van der Waals surface area contributed by atoms with Crippen LogP contribution in [0.1, 0.15) is 19.8 Å². The highest BCUT2D eigenvalue weighted by molar-refractivity contribution is 7.89. The number of sulfonamides is 1. The first kappa shape index (κ1) is 16.3. The molecule has 5 nitrogen and oxygen atoms in total. The standard InChI is InChI=1S/C14H19ClN2O3S/c1-2-21(19,20)17-9-7-11(8-10-17)14(18)16-13-5-3-12(15)4-6-13/h3-6,11H,2,7-10H2,1H3,(H,16,18). The van der Waals surface area contributed by atoms with Crippen LogP contribution in [0.5, 0.6) is 0 Å². The maximum atomic E-state index is 12.2. The molecule has 1 fully saturated rings. The molecule has 0 aromatic heterocycles. The van der Waals surface area contributed by atoms with Gasteiger partial charge in [0.25, 0.3) is 0 Å². The molecular weight excluding hydrogens is 312 g/mol. The SMILES string of the molecule is CCS(=O)(=O)N1CCC(C(=O)Nc2ccc(Cl)cc2)CC1. The number of anilines is 1. The molecule has 0 bridgehead atoms. The molecule has 0 atom stereocenters. The van der Waals surface area contributed by atoms with E-state index in [0.717, 1.165) is 0 Å². The summed E-state index contributed by atoms with van der Waals surface area (Å²) in [6.07, 6.45) is 1.11. The zero-order valence-electron chi connectivity index (χ0n) is 11.9. The fourth-order valence-electron chi connectivity index (χ4n) is 2.36. The van der Waals surface area contributed by atoms with Crippen molar-refractivity contribution >= 4 is 33.2 Å². The summed E-state index contributed by atoms with van der Waals surface area (Å²) in [5.74, 6) is -0.107. The lowest BCUT2D eigenvalue weighted by Crippen LogP contribution is -2.42. The third-order valence-electron chi connectivity index (χ3n) is 3.69. The van der Waals surface area contributed by atoms with E-state index in [1.54, 1.807) is 31.2 Å². The van der Waals surface area contributed by atoms with Gasteiger partial charge >= 0.3 is 0 Å². The summed E-state index contributed by atoms with van der Waals surface area (Å²) < 4.78 is 25.0. The second-order valence-electron chi connectivity index (χ2n) is 5.07. The van der Waals surface area contributed by atoms with Gasteiger partial charge in [0.15, 0.2) is 0 Å². The molecular formula is C14H19ClN2O3S. The molecule has 1 aliphatic rings. The first-order valence-electron chi connectivity index (χ1n) is 6.96. The van der Waals surface area contributed by atoms with Crippen molar-refractivity contribution in [2.24, 2.45) is 5.92 Å². The Kier molecular flexibility index (Phi) is 5.24. The summed E-state index contributed by atoms with van der Waals surface area (Å²) in [7, 11) is -3.15. The third-order valence-corrected chi connectivity index (χ3v) is 5.83. The van der Waals surface area contributed by atoms with Crippen LogP contribution in [0.2, 0.25) is 5.02 Å². The minimum absolute atomic E-state index is 0.0640. The van der Waals surface area contributed by atoms with Crippen LogP contribution in [0, 0.1) is 5.92 Å². The van der Waals surface area contributed by atoms with Crippen LogP contribution in [0.3, 0.4) is 0 Å². The highest BCUT2D eigenvalue weighted by atomic mass is 35.5. The summed E-state index contributed by atoms with van der Waals surface area (Å²) >= 11 is 5.79. The molecule has 1 amide bonds. The first-order valence-corrected chi connectivity index (χ1v) is 8.95. The summed E-state index contributed by atoms with van der Waals surface area (Å²) in [6.45, 7) is 2.46. The number of halogens is 1. The number of nitrogens with one attached hydrogen (secondary N) is 1. The minimum atomic E-state index is -3.15. The van der Waals surface area contributed by atoms with Crippen LogP contribution in [0.4, 0.5) is 5.69 Å². The topological polar surface area (TPSA) is 66.5 Å². The highest BCUT2D eigenvalue weighted by Crippen LogP contribution is 2.22. The van der Waals surface area contributed by atoms with Crippen LogP contribution >= 0.6 is 11.6 Å². The lowest BCUT2D eigenvalue weighted by atomic mass is 9.97. The predicted octanol–water partition coefficient (Wildman–Crippen LogP) is 2.34. The van der Waals surface area contributed by atoms with Gasteiger partial charge < -0.3 is 5.32 Å². The molecule has 0 saturated carbocycles.